The maximum atomic E-state index is 10.6. The highest BCUT2D eigenvalue weighted by molar-refractivity contribution is 5.83. The van der Waals surface area contributed by atoms with Gasteiger partial charge >= 0.3 is 0 Å². The molecular formula is C12H19N5O2. The van der Waals surface area contributed by atoms with Crippen molar-refractivity contribution in [3.8, 4) is 0 Å². The van der Waals surface area contributed by atoms with E-state index in [1.54, 1.807) is 18.1 Å². The fourth-order valence-electron chi connectivity index (χ4n) is 1.56. The lowest BCUT2D eigenvalue weighted by molar-refractivity contribution is -0.485. The number of nitrogens with zero attached hydrogens (tertiary/aromatic N) is 5. The molecular weight excluding hydrogens is 246 g/mol. The maximum absolute atomic E-state index is 10.6. The standard InChI is InChI=1S/C12H19N5O2/c1-10-5-6-11(7-13-10)8-16(4)12(9-15(2)3)14-17(18)19/h5-7H,8-9H2,1-4H3/b14-12+. The Balaban J connectivity index is 2.79. The van der Waals surface area contributed by atoms with Crippen LogP contribution >= 0.6 is 0 Å². The van der Waals surface area contributed by atoms with E-state index in [1.165, 1.54) is 0 Å². The number of aryl methyl sites for hydroxylation is 1. The molecule has 1 aromatic rings. The Morgan fingerprint density at radius 2 is 2.11 bits per heavy atom. The molecule has 0 fully saturated rings. The molecule has 0 saturated heterocycles. The molecule has 0 unspecified atom stereocenters. The molecule has 104 valence electrons. The number of aromatic nitrogens is 1. The van der Waals surface area contributed by atoms with Gasteiger partial charge in [0.2, 0.25) is 0 Å². The van der Waals surface area contributed by atoms with E-state index in [2.05, 4.69) is 10.1 Å². The van der Waals surface area contributed by atoms with E-state index in [1.807, 2.05) is 38.1 Å². The largest absolute Gasteiger partial charge is 0.353 e. The Morgan fingerprint density at radius 3 is 2.58 bits per heavy atom. The number of hydrazone groups is 1. The number of amidine groups is 1. The highest BCUT2D eigenvalue weighted by Crippen LogP contribution is 2.04. The maximum Gasteiger partial charge on any atom is 0.193 e. The van der Waals surface area contributed by atoms with Crippen LogP contribution in [0.5, 0.6) is 0 Å². The van der Waals surface area contributed by atoms with Crippen LogP contribution in [0.3, 0.4) is 0 Å². The fourth-order valence-corrected chi connectivity index (χ4v) is 1.56. The molecule has 0 aromatic carbocycles. The number of hydrogen-bond donors (Lipinski definition) is 0. The van der Waals surface area contributed by atoms with E-state index in [0.29, 0.717) is 18.9 Å². The summed E-state index contributed by atoms with van der Waals surface area (Å²) >= 11 is 0. The van der Waals surface area contributed by atoms with E-state index in [9.17, 15) is 10.1 Å². The van der Waals surface area contributed by atoms with Gasteiger partial charge in [-0.15, -0.1) is 0 Å². The van der Waals surface area contributed by atoms with E-state index in [0.717, 1.165) is 11.3 Å². The number of rotatable bonds is 5. The van der Waals surface area contributed by atoms with Gasteiger partial charge in [-0.05, 0) is 32.6 Å². The number of hydrogen-bond acceptors (Lipinski definition) is 4. The summed E-state index contributed by atoms with van der Waals surface area (Å²) in [7, 11) is 5.47. The smallest absolute Gasteiger partial charge is 0.193 e. The molecule has 0 aliphatic rings. The Hall–Kier alpha value is -2.02. The van der Waals surface area contributed by atoms with Crippen LogP contribution in [0, 0.1) is 17.0 Å². The number of likely N-dealkylation sites (N-methyl/N-ethyl adjacent to an activating group) is 2. The van der Waals surface area contributed by atoms with Crippen LogP contribution in [0.15, 0.2) is 23.4 Å². The molecule has 0 N–H and O–H groups in total. The second kappa shape index (κ2) is 6.79. The van der Waals surface area contributed by atoms with Gasteiger partial charge in [0, 0.05) is 25.5 Å². The minimum absolute atomic E-state index is 0.413. The van der Waals surface area contributed by atoms with Gasteiger partial charge in [0.05, 0.1) is 11.6 Å². The van der Waals surface area contributed by atoms with Gasteiger partial charge in [-0.1, -0.05) is 6.07 Å². The number of pyridine rings is 1. The minimum atomic E-state index is -0.664. The zero-order valence-corrected chi connectivity index (χ0v) is 11.7. The third kappa shape index (κ3) is 5.43. The monoisotopic (exact) mass is 265 g/mol. The molecule has 0 spiro atoms. The third-order valence-corrected chi connectivity index (χ3v) is 2.49. The van der Waals surface area contributed by atoms with Crippen LogP contribution in [0.25, 0.3) is 0 Å². The van der Waals surface area contributed by atoms with Crippen molar-refractivity contribution >= 4 is 5.84 Å². The normalized spacial score (nSPS) is 11.7. The van der Waals surface area contributed by atoms with Gasteiger partial charge < -0.3 is 9.80 Å². The second-order valence-corrected chi connectivity index (χ2v) is 4.66. The van der Waals surface area contributed by atoms with Crippen molar-refractivity contribution in [3.05, 3.63) is 39.7 Å². The topological polar surface area (TPSA) is 74.9 Å². The highest BCUT2D eigenvalue weighted by atomic mass is 16.7. The first-order valence-corrected chi connectivity index (χ1v) is 5.87. The zero-order valence-electron chi connectivity index (χ0n) is 11.7. The van der Waals surface area contributed by atoms with Gasteiger partial charge in [-0.25, -0.2) is 10.1 Å². The molecule has 1 rings (SSSR count). The van der Waals surface area contributed by atoms with Crippen LogP contribution in [-0.2, 0) is 6.54 Å². The lowest BCUT2D eigenvalue weighted by atomic mass is 10.2. The second-order valence-electron chi connectivity index (χ2n) is 4.66. The van der Waals surface area contributed by atoms with Crippen molar-refractivity contribution in [2.75, 3.05) is 27.7 Å². The predicted molar refractivity (Wildman–Crippen MR) is 73.4 cm³/mol. The first-order chi connectivity index (χ1) is 8.88. The van der Waals surface area contributed by atoms with E-state index in [-0.39, 0.29) is 0 Å². The Labute approximate surface area is 112 Å². The SMILES string of the molecule is Cc1ccc(CN(C)/C(CN(C)C)=N/[N+](=O)[O-])cn1. The molecule has 7 nitrogen and oxygen atoms in total. The summed E-state index contributed by atoms with van der Waals surface area (Å²) in [4.78, 5) is 18.4. The van der Waals surface area contributed by atoms with Gasteiger partial charge in [0.25, 0.3) is 0 Å². The molecule has 0 saturated carbocycles. The van der Waals surface area contributed by atoms with Crippen LogP contribution in [-0.4, -0.2) is 53.3 Å². The third-order valence-electron chi connectivity index (χ3n) is 2.49. The molecule has 1 aromatic heterocycles. The lowest BCUT2D eigenvalue weighted by Crippen LogP contribution is -2.35. The minimum Gasteiger partial charge on any atom is -0.353 e. The summed E-state index contributed by atoms with van der Waals surface area (Å²) in [6, 6.07) is 3.87. The molecule has 0 aliphatic carbocycles. The molecule has 1 heterocycles. The van der Waals surface area contributed by atoms with Gasteiger partial charge in [0.15, 0.2) is 10.9 Å². The molecule has 0 amide bonds. The van der Waals surface area contributed by atoms with Crippen LogP contribution in [0.4, 0.5) is 0 Å². The lowest BCUT2D eigenvalue weighted by Gasteiger charge is -2.21. The first kappa shape index (κ1) is 15.0. The highest BCUT2D eigenvalue weighted by Gasteiger charge is 2.13. The summed E-state index contributed by atoms with van der Waals surface area (Å²) < 4.78 is 0. The Morgan fingerprint density at radius 1 is 1.42 bits per heavy atom. The summed E-state index contributed by atoms with van der Waals surface area (Å²) in [5, 5.41) is 13.3. The van der Waals surface area contributed by atoms with Crippen molar-refractivity contribution in [2.45, 2.75) is 13.5 Å². The molecule has 0 atom stereocenters. The van der Waals surface area contributed by atoms with Crippen LogP contribution < -0.4 is 0 Å². The van der Waals surface area contributed by atoms with Crippen molar-refractivity contribution in [2.24, 2.45) is 5.10 Å². The van der Waals surface area contributed by atoms with Gasteiger partial charge in [-0.2, -0.15) is 0 Å². The van der Waals surface area contributed by atoms with Crippen molar-refractivity contribution in [1.29, 1.82) is 0 Å². The molecule has 19 heavy (non-hydrogen) atoms. The average Bonchev–Trinajstić information content (AvgIpc) is 2.30. The van der Waals surface area contributed by atoms with E-state index >= 15 is 0 Å². The average molecular weight is 265 g/mol. The molecule has 0 bridgehead atoms. The van der Waals surface area contributed by atoms with Gasteiger partial charge in [-0.3, -0.25) is 4.98 Å². The fraction of sp³-hybridized carbons (Fsp3) is 0.500. The summed E-state index contributed by atoms with van der Waals surface area (Å²) in [6.07, 6.45) is 1.77. The zero-order chi connectivity index (χ0) is 14.4. The van der Waals surface area contributed by atoms with Crippen molar-refractivity contribution in [3.63, 3.8) is 0 Å². The molecule has 7 heteroatoms. The van der Waals surface area contributed by atoms with Crippen molar-refractivity contribution < 1.29 is 5.03 Å². The first-order valence-electron chi connectivity index (χ1n) is 5.87. The quantitative estimate of drug-likeness (QED) is 0.343. The Kier molecular flexibility index (Phi) is 5.37. The van der Waals surface area contributed by atoms with Crippen molar-refractivity contribution in [1.82, 2.24) is 14.8 Å². The van der Waals surface area contributed by atoms with E-state index < -0.39 is 5.03 Å². The summed E-state index contributed by atoms with van der Waals surface area (Å²) in [5.41, 5.74) is 1.93. The molecule has 0 aliphatic heterocycles. The Bertz CT molecular complexity index is 456. The summed E-state index contributed by atoms with van der Waals surface area (Å²) in [6.45, 7) is 2.86. The van der Waals surface area contributed by atoms with Crippen LogP contribution in [0.2, 0.25) is 0 Å². The van der Waals surface area contributed by atoms with Crippen LogP contribution in [0.1, 0.15) is 11.3 Å². The molecule has 0 radical (unpaired) electrons. The summed E-state index contributed by atoms with van der Waals surface area (Å²) in [5.74, 6) is 0.413. The van der Waals surface area contributed by atoms with E-state index in [4.69, 9.17) is 0 Å². The van der Waals surface area contributed by atoms with Gasteiger partial charge in [0.1, 0.15) is 0 Å². The number of nitro groups is 1. The predicted octanol–water partition coefficient (Wildman–Crippen LogP) is 0.974.